The summed E-state index contributed by atoms with van der Waals surface area (Å²) in [5.41, 5.74) is 1.65. The Labute approximate surface area is 219 Å². The van der Waals surface area contributed by atoms with Gasteiger partial charge in [0, 0.05) is 40.1 Å². The van der Waals surface area contributed by atoms with Crippen LogP contribution < -0.4 is 0 Å². The Balaban J connectivity index is 0.000000642. The van der Waals surface area contributed by atoms with Gasteiger partial charge in [0.15, 0.2) is 0 Å². The van der Waals surface area contributed by atoms with Crippen LogP contribution in [0.15, 0.2) is 70.6 Å². The molecule has 2 aromatic carbocycles. The zero-order valence-electron chi connectivity index (χ0n) is 21.7. The Bertz CT molecular complexity index is 875. The number of nitrogens with zero attached hydrogens (tertiary/aromatic N) is 8. The van der Waals surface area contributed by atoms with E-state index in [1.165, 1.54) is 0 Å². The zero-order chi connectivity index (χ0) is 25.7. The van der Waals surface area contributed by atoms with Crippen molar-refractivity contribution < 1.29 is 16.5 Å². The van der Waals surface area contributed by atoms with E-state index in [9.17, 15) is 0 Å². The number of hydrogen-bond acceptors (Lipinski definition) is 2. The van der Waals surface area contributed by atoms with Crippen LogP contribution in [-0.2, 0) is 16.5 Å². The molecule has 2 aromatic rings. The summed E-state index contributed by atoms with van der Waals surface area (Å²) in [6.45, 7) is 0. The van der Waals surface area contributed by atoms with Gasteiger partial charge in [-0.15, -0.1) is 0 Å². The van der Waals surface area contributed by atoms with E-state index in [1.54, 1.807) is 47.8 Å². The minimum Gasteiger partial charge on any atom is -0.432 e. The molecule has 0 aliphatic heterocycles. The van der Waals surface area contributed by atoms with Crippen LogP contribution in [0, 0.1) is 10.8 Å². The first-order valence-electron chi connectivity index (χ1n) is 10.6. The summed E-state index contributed by atoms with van der Waals surface area (Å²) in [5, 5.41) is 24.1. The second-order valence-corrected chi connectivity index (χ2v) is 7.94. The second-order valence-electron chi connectivity index (χ2n) is 7.94. The maximum absolute atomic E-state index is 7.68. The third-order valence-corrected chi connectivity index (χ3v) is 4.03. The first-order valence-corrected chi connectivity index (χ1v) is 10.6. The molecule has 0 unspecified atom stereocenters. The minimum atomic E-state index is 0. The van der Waals surface area contributed by atoms with Crippen LogP contribution in [0.25, 0.3) is 10.6 Å². The van der Waals surface area contributed by atoms with E-state index in [1.807, 2.05) is 88.9 Å². The molecule has 11 heteroatoms. The molecule has 0 radical (unpaired) electrons. The van der Waals surface area contributed by atoms with E-state index >= 15 is 0 Å². The van der Waals surface area contributed by atoms with Crippen molar-refractivity contribution in [3.8, 4) is 0 Å². The fraction of sp³-hybridized carbons (Fsp3) is 0.333. The van der Waals surface area contributed by atoms with Crippen molar-refractivity contribution in [3.63, 3.8) is 0 Å². The smallest absolute Gasteiger partial charge is 0.432 e. The van der Waals surface area contributed by atoms with E-state index in [-0.39, 0.29) is 28.4 Å². The summed E-state index contributed by atoms with van der Waals surface area (Å²) >= 11 is 0. The molecule has 0 bridgehead atoms. The number of guanidine groups is 4. The van der Waals surface area contributed by atoms with Crippen molar-refractivity contribution in [1.82, 2.24) is 19.6 Å². The van der Waals surface area contributed by atoms with Crippen molar-refractivity contribution in [2.75, 3.05) is 56.4 Å². The Hall–Kier alpha value is -3.59. The van der Waals surface area contributed by atoms with Crippen LogP contribution >= 0.6 is 0 Å². The molecule has 35 heavy (non-hydrogen) atoms. The van der Waals surface area contributed by atoms with Gasteiger partial charge in [0.2, 0.25) is 0 Å². The third-order valence-electron chi connectivity index (χ3n) is 4.03. The van der Waals surface area contributed by atoms with Gasteiger partial charge in [-0.1, -0.05) is 60.7 Å². The fourth-order valence-electron chi connectivity index (χ4n) is 2.08. The first-order chi connectivity index (χ1) is 16.0. The first kappa shape index (κ1) is 31.4. The van der Waals surface area contributed by atoms with Crippen LogP contribution in [0.3, 0.4) is 0 Å². The number of hydrogen-bond donors (Lipinski definition) is 2. The normalized spacial score (nSPS) is 10.6. The summed E-state index contributed by atoms with van der Waals surface area (Å²) in [6.07, 6.45) is 0. The molecule has 0 amide bonds. The molecule has 0 fully saturated rings. The second kappa shape index (κ2) is 16.1. The molecule has 192 valence electrons. The van der Waals surface area contributed by atoms with E-state index in [0.29, 0.717) is 11.9 Å². The average Bonchev–Trinajstić information content (AvgIpc) is 2.79. The average molecular weight is 523 g/mol. The molecular weight excluding hydrogens is 487 g/mol. The number of nitrogens with one attached hydrogen (secondary N) is 2. The molecule has 0 aliphatic rings. The standard InChI is InChI=1S/2C12H18N5.Ni/c2*1-16(2)11(13)15-12(17(3)4)14-10-8-6-5-7-9-10;/h2*5-9H,1-4H3,(H-,13,14,15);/q2*-1;+2. The summed E-state index contributed by atoms with van der Waals surface area (Å²) in [6, 6.07) is 19.2. The van der Waals surface area contributed by atoms with Gasteiger partial charge >= 0.3 is 16.5 Å². The van der Waals surface area contributed by atoms with Crippen LogP contribution in [-0.4, -0.2) is 99.8 Å². The molecule has 0 aromatic heterocycles. The van der Waals surface area contributed by atoms with Gasteiger partial charge in [-0.3, -0.25) is 10.8 Å². The van der Waals surface area contributed by atoms with Crippen molar-refractivity contribution >= 4 is 35.2 Å². The van der Waals surface area contributed by atoms with Gasteiger partial charge in [0.05, 0.1) is 0 Å². The monoisotopic (exact) mass is 522 g/mol. The van der Waals surface area contributed by atoms with Crippen molar-refractivity contribution in [1.29, 1.82) is 10.8 Å². The van der Waals surface area contributed by atoms with Crippen LogP contribution in [0.5, 0.6) is 0 Å². The molecule has 0 aliphatic carbocycles. The quantitative estimate of drug-likeness (QED) is 0.349. The minimum absolute atomic E-state index is 0. The Morgan fingerprint density at radius 3 is 1.06 bits per heavy atom. The molecule has 0 saturated heterocycles. The van der Waals surface area contributed by atoms with E-state index < -0.39 is 0 Å². The van der Waals surface area contributed by atoms with Gasteiger partial charge in [-0.05, 0) is 39.6 Å². The molecule has 0 saturated carbocycles. The number of rotatable bonds is 2. The maximum atomic E-state index is 7.68. The predicted octanol–water partition coefficient (Wildman–Crippen LogP) is 4.21. The van der Waals surface area contributed by atoms with Gasteiger partial charge in [0.25, 0.3) is 0 Å². The number of benzene rings is 2. The number of para-hydroxylation sites is 2. The largest absolute Gasteiger partial charge is 2.00 e. The zero-order valence-corrected chi connectivity index (χ0v) is 22.7. The van der Waals surface area contributed by atoms with E-state index in [0.717, 1.165) is 11.4 Å². The SMILES string of the molecule is CN(C)C(=N)/N=C(\[N-]c1ccccc1)N(C)C.CN(C)C(=N)/N=C(\[N-]c1ccccc1)N(C)C.[Ni+2]. The Morgan fingerprint density at radius 1 is 0.543 bits per heavy atom. The van der Waals surface area contributed by atoms with E-state index in [4.69, 9.17) is 10.8 Å². The number of aliphatic imine (C=N–C) groups is 2. The van der Waals surface area contributed by atoms with Crippen molar-refractivity contribution in [2.45, 2.75) is 0 Å². The third kappa shape index (κ3) is 12.4. The Kier molecular flexibility index (Phi) is 14.5. The van der Waals surface area contributed by atoms with Gasteiger partial charge < -0.3 is 40.2 Å². The molecule has 2 N–H and O–H groups in total. The molecule has 2 rings (SSSR count). The van der Waals surface area contributed by atoms with Gasteiger partial charge in [-0.2, -0.15) is 0 Å². The summed E-state index contributed by atoms with van der Waals surface area (Å²) in [5.74, 6) is 1.37. The molecule has 0 spiro atoms. The van der Waals surface area contributed by atoms with Crippen molar-refractivity contribution in [3.05, 3.63) is 71.3 Å². The Morgan fingerprint density at radius 2 is 0.829 bits per heavy atom. The van der Waals surface area contributed by atoms with Gasteiger partial charge in [0.1, 0.15) is 11.9 Å². The summed E-state index contributed by atoms with van der Waals surface area (Å²) < 4.78 is 0. The molecule has 0 heterocycles. The van der Waals surface area contributed by atoms with Crippen LogP contribution in [0.1, 0.15) is 0 Å². The van der Waals surface area contributed by atoms with E-state index in [2.05, 4.69) is 20.6 Å². The molecule has 10 nitrogen and oxygen atoms in total. The fourth-order valence-corrected chi connectivity index (χ4v) is 2.08. The van der Waals surface area contributed by atoms with Crippen LogP contribution in [0.2, 0.25) is 0 Å². The maximum Gasteiger partial charge on any atom is 2.00 e. The topological polar surface area (TPSA) is 114 Å². The van der Waals surface area contributed by atoms with Crippen LogP contribution in [0.4, 0.5) is 11.4 Å². The van der Waals surface area contributed by atoms with Gasteiger partial charge in [-0.25, -0.2) is 0 Å². The summed E-state index contributed by atoms with van der Waals surface area (Å²) in [7, 11) is 14.5. The summed E-state index contributed by atoms with van der Waals surface area (Å²) in [4.78, 5) is 15.1. The molecular formula is C24H36N10Ni. The predicted molar refractivity (Wildman–Crippen MR) is 144 cm³/mol. The van der Waals surface area contributed by atoms with Crippen molar-refractivity contribution in [2.24, 2.45) is 9.98 Å². The molecule has 0 atom stereocenters.